The van der Waals surface area contributed by atoms with E-state index in [1.807, 2.05) is 29.7 Å². The van der Waals surface area contributed by atoms with Gasteiger partial charge in [0.25, 0.3) is 0 Å². The van der Waals surface area contributed by atoms with E-state index in [1.54, 1.807) is 25.3 Å². The highest BCUT2D eigenvalue weighted by Crippen LogP contribution is 2.26. The molecule has 0 radical (unpaired) electrons. The molecule has 5 heteroatoms. The van der Waals surface area contributed by atoms with Crippen molar-refractivity contribution in [1.82, 2.24) is 14.5 Å². The van der Waals surface area contributed by atoms with Crippen LogP contribution in [0.4, 0.5) is 4.39 Å². The zero-order valence-electron chi connectivity index (χ0n) is 11.8. The Morgan fingerprint density at radius 2 is 2.14 bits per heavy atom. The van der Waals surface area contributed by atoms with Crippen LogP contribution in [-0.4, -0.2) is 14.5 Å². The largest absolute Gasteiger partial charge is 0.304 e. The monoisotopic (exact) mass is 303 g/mol. The number of rotatable bonds is 3. The minimum absolute atomic E-state index is 0.0891. The third-order valence-corrected chi connectivity index (χ3v) is 3.95. The molecule has 0 saturated heterocycles. The zero-order chi connectivity index (χ0) is 15.0. The third kappa shape index (κ3) is 2.40. The fourth-order valence-corrected chi connectivity index (χ4v) is 2.68. The molecule has 1 atom stereocenters. The molecule has 1 unspecified atom stereocenters. The van der Waals surface area contributed by atoms with E-state index in [-0.39, 0.29) is 17.7 Å². The summed E-state index contributed by atoms with van der Waals surface area (Å²) in [5.41, 5.74) is 3.07. The Morgan fingerprint density at radius 3 is 2.86 bits per heavy atom. The van der Waals surface area contributed by atoms with Crippen LogP contribution in [0.3, 0.4) is 0 Å². The summed E-state index contributed by atoms with van der Waals surface area (Å²) >= 11 is 6.01. The number of aromatic nitrogens is 3. The molecule has 2 heterocycles. The second-order valence-corrected chi connectivity index (χ2v) is 5.33. The first-order valence-corrected chi connectivity index (χ1v) is 7.29. The van der Waals surface area contributed by atoms with Crippen LogP contribution in [0.25, 0.3) is 11.2 Å². The van der Waals surface area contributed by atoms with Gasteiger partial charge in [-0.05, 0) is 43.2 Å². The number of pyridine rings is 1. The molecule has 21 heavy (non-hydrogen) atoms. The Balaban J connectivity index is 2.16. The highest BCUT2D eigenvalue weighted by Gasteiger charge is 2.18. The molecule has 0 aliphatic carbocycles. The van der Waals surface area contributed by atoms with Crippen LogP contribution in [0, 0.1) is 12.7 Å². The molecule has 3 nitrogen and oxygen atoms in total. The summed E-state index contributed by atoms with van der Waals surface area (Å²) in [6.45, 7) is 3.75. The molecular weight excluding hydrogens is 289 g/mol. The molecule has 3 aromatic rings. The fourth-order valence-electron chi connectivity index (χ4n) is 2.50. The van der Waals surface area contributed by atoms with Gasteiger partial charge in [0.1, 0.15) is 17.2 Å². The van der Waals surface area contributed by atoms with Gasteiger partial charge in [0.05, 0.1) is 11.9 Å². The van der Waals surface area contributed by atoms with Crippen molar-refractivity contribution in [3.8, 4) is 0 Å². The molecular formula is C16H15ClFN3. The molecule has 0 saturated carbocycles. The zero-order valence-corrected chi connectivity index (χ0v) is 12.6. The number of halogens is 2. The standard InChI is InChI=1S/C16H15ClFN3/c1-10-5-6-12(8-13(10)18)11(2)21-15(9-17)20-14-4-3-7-19-16(14)21/h3-8,11H,9H2,1-2H3. The molecule has 0 bridgehead atoms. The van der Waals surface area contributed by atoms with Crippen molar-refractivity contribution in [2.45, 2.75) is 25.8 Å². The van der Waals surface area contributed by atoms with Gasteiger partial charge < -0.3 is 4.57 Å². The molecule has 108 valence electrons. The van der Waals surface area contributed by atoms with Crippen LogP contribution in [0.15, 0.2) is 36.5 Å². The van der Waals surface area contributed by atoms with Crippen LogP contribution in [-0.2, 0) is 5.88 Å². The molecule has 3 rings (SSSR count). The van der Waals surface area contributed by atoms with Gasteiger partial charge in [-0.1, -0.05) is 12.1 Å². The maximum atomic E-state index is 13.8. The summed E-state index contributed by atoms with van der Waals surface area (Å²) < 4.78 is 15.8. The molecule has 0 fully saturated rings. The lowest BCUT2D eigenvalue weighted by Gasteiger charge is -2.17. The van der Waals surface area contributed by atoms with Crippen molar-refractivity contribution in [1.29, 1.82) is 0 Å². The number of hydrogen-bond acceptors (Lipinski definition) is 2. The van der Waals surface area contributed by atoms with Gasteiger partial charge >= 0.3 is 0 Å². The van der Waals surface area contributed by atoms with Crippen LogP contribution in [0.5, 0.6) is 0 Å². The second-order valence-electron chi connectivity index (χ2n) is 5.06. The van der Waals surface area contributed by atoms with Crippen LogP contribution in [0.2, 0.25) is 0 Å². The summed E-state index contributed by atoms with van der Waals surface area (Å²) in [7, 11) is 0. The second kappa shape index (κ2) is 5.45. The third-order valence-electron chi connectivity index (χ3n) is 3.71. The summed E-state index contributed by atoms with van der Waals surface area (Å²) in [5, 5.41) is 0. The first-order valence-electron chi connectivity index (χ1n) is 6.75. The number of fused-ring (bicyclic) bond motifs is 1. The van der Waals surface area contributed by atoms with Crippen molar-refractivity contribution in [2.24, 2.45) is 0 Å². The normalized spacial score (nSPS) is 12.8. The van der Waals surface area contributed by atoms with Crippen molar-refractivity contribution >= 4 is 22.8 Å². The Kier molecular flexibility index (Phi) is 3.64. The van der Waals surface area contributed by atoms with Crippen LogP contribution in [0.1, 0.15) is 29.9 Å². The van der Waals surface area contributed by atoms with E-state index in [0.29, 0.717) is 5.56 Å². The van der Waals surface area contributed by atoms with Crippen molar-refractivity contribution in [2.75, 3.05) is 0 Å². The van der Waals surface area contributed by atoms with Gasteiger partial charge in [0.2, 0.25) is 0 Å². The van der Waals surface area contributed by atoms with Gasteiger partial charge in [-0.2, -0.15) is 0 Å². The number of alkyl halides is 1. The number of imidazole rings is 1. The highest BCUT2D eigenvalue weighted by molar-refractivity contribution is 6.16. The first kappa shape index (κ1) is 14.0. The molecule has 2 aromatic heterocycles. The van der Waals surface area contributed by atoms with E-state index in [4.69, 9.17) is 11.6 Å². The van der Waals surface area contributed by atoms with E-state index in [0.717, 1.165) is 22.6 Å². The molecule has 0 aliphatic rings. The maximum Gasteiger partial charge on any atom is 0.160 e. The maximum absolute atomic E-state index is 13.8. The summed E-state index contributed by atoms with van der Waals surface area (Å²) in [6.07, 6.45) is 1.72. The lowest BCUT2D eigenvalue weighted by Crippen LogP contribution is -2.11. The molecule has 0 spiro atoms. The lowest BCUT2D eigenvalue weighted by atomic mass is 10.1. The summed E-state index contributed by atoms with van der Waals surface area (Å²) in [4.78, 5) is 8.88. The van der Waals surface area contributed by atoms with E-state index in [9.17, 15) is 4.39 Å². The highest BCUT2D eigenvalue weighted by atomic mass is 35.5. The molecule has 0 N–H and O–H groups in total. The molecule has 1 aromatic carbocycles. The summed E-state index contributed by atoms with van der Waals surface area (Å²) in [5.74, 6) is 0.817. The minimum Gasteiger partial charge on any atom is -0.304 e. The Morgan fingerprint density at radius 1 is 1.33 bits per heavy atom. The van der Waals surface area contributed by atoms with E-state index in [1.165, 1.54) is 0 Å². The van der Waals surface area contributed by atoms with Gasteiger partial charge in [-0.25, -0.2) is 14.4 Å². The number of aryl methyl sites for hydroxylation is 1. The quantitative estimate of drug-likeness (QED) is 0.678. The van der Waals surface area contributed by atoms with Gasteiger partial charge in [-0.3, -0.25) is 0 Å². The SMILES string of the molecule is Cc1ccc(C(C)n2c(CCl)nc3cccnc32)cc1F. The van der Waals surface area contributed by atoms with Crippen molar-refractivity contribution in [3.63, 3.8) is 0 Å². The van der Waals surface area contributed by atoms with Crippen LogP contribution < -0.4 is 0 Å². The van der Waals surface area contributed by atoms with Gasteiger partial charge in [0, 0.05) is 6.20 Å². The predicted molar refractivity (Wildman–Crippen MR) is 82.0 cm³/mol. The van der Waals surface area contributed by atoms with Gasteiger partial charge in [0.15, 0.2) is 5.65 Å². The van der Waals surface area contributed by atoms with Gasteiger partial charge in [-0.15, -0.1) is 11.6 Å². The number of benzene rings is 1. The predicted octanol–water partition coefficient (Wildman–Crippen LogP) is 4.23. The number of nitrogens with zero attached hydrogens (tertiary/aromatic N) is 3. The topological polar surface area (TPSA) is 30.7 Å². The smallest absolute Gasteiger partial charge is 0.160 e. The summed E-state index contributed by atoms with van der Waals surface area (Å²) in [6, 6.07) is 8.93. The molecule has 0 amide bonds. The van der Waals surface area contributed by atoms with Crippen molar-refractivity contribution < 1.29 is 4.39 Å². The van der Waals surface area contributed by atoms with Crippen molar-refractivity contribution in [3.05, 3.63) is 59.3 Å². The lowest BCUT2D eigenvalue weighted by molar-refractivity contribution is 0.595. The Labute approximate surface area is 127 Å². The fraction of sp³-hybridized carbons (Fsp3) is 0.250. The first-order chi connectivity index (χ1) is 10.1. The van der Waals surface area contributed by atoms with Crippen LogP contribution >= 0.6 is 11.6 Å². The number of hydrogen-bond donors (Lipinski definition) is 0. The minimum atomic E-state index is -0.204. The molecule has 0 aliphatic heterocycles. The Hall–Kier alpha value is -1.94. The van der Waals surface area contributed by atoms with E-state index < -0.39 is 0 Å². The average Bonchev–Trinajstić information content (AvgIpc) is 2.87. The Bertz CT molecular complexity index is 797. The average molecular weight is 304 g/mol. The van der Waals surface area contributed by atoms with E-state index >= 15 is 0 Å². The van der Waals surface area contributed by atoms with E-state index in [2.05, 4.69) is 9.97 Å².